The zero-order valence-electron chi connectivity index (χ0n) is 13.6. The van der Waals surface area contributed by atoms with Gasteiger partial charge >= 0.3 is 0 Å². The van der Waals surface area contributed by atoms with Gasteiger partial charge in [0.05, 0.1) is 24.8 Å². The number of aliphatic hydroxyl groups excluding tert-OH is 1. The lowest BCUT2D eigenvalue weighted by Crippen LogP contribution is -2.28. The molecule has 1 fully saturated rings. The smallest absolute Gasteiger partial charge is 0.291 e. The van der Waals surface area contributed by atoms with Crippen LogP contribution in [0.15, 0.2) is 29.0 Å². The Bertz CT molecular complexity index is 719. The van der Waals surface area contributed by atoms with Crippen molar-refractivity contribution in [1.82, 2.24) is 15.1 Å². The molecule has 0 radical (unpaired) electrons. The van der Waals surface area contributed by atoms with E-state index in [-0.39, 0.29) is 36.5 Å². The van der Waals surface area contributed by atoms with E-state index in [9.17, 15) is 9.59 Å². The lowest BCUT2D eigenvalue weighted by Gasteiger charge is -2.22. The second-order valence-corrected chi connectivity index (χ2v) is 5.60. The van der Waals surface area contributed by atoms with Crippen molar-refractivity contribution >= 4 is 17.5 Å². The van der Waals surface area contributed by atoms with E-state index in [1.165, 1.54) is 12.3 Å². The van der Waals surface area contributed by atoms with E-state index in [4.69, 9.17) is 14.3 Å². The van der Waals surface area contributed by atoms with Crippen molar-refractivity contribution < 1.29 is 23.8 Å². The number of carbonyl (C=O) groups excluding carboxylic acids is 2. The maximum Gasteiger partial charge on any atom is 0.291 e. The summed E-state index contributed by atoms with van der Waals surface area (Å²) < 4.78 is 12.3. The van der Waals surface area contributed by atoms with Gasteiger partial charge in [0.25, 0.3) is 11.8 Å². The number of anilines is 1. The summed E-state index contributed by atoms with van der Waals surface area (Å²) in [7, 11) is 0. The largest absolute Gasteiger partial charge is 0.459 e. The fourth-order valence-electron chi connectivity index (χ4n) is 2.58. The summed E-state index contributed by atoms with van der Waals surface area (Å²) in [6.45, 7) is 0.536. The molecule has 2 aromatic rings. The molecule has 9 heteroatoms. The summed E-state index contributed by atoms with van der Waals surface area (Å²) in [5.74, 6) is -0.841. The summed E-state index contributed by atoms with van der Waals surface area (Å²) in [6.07, 6.45) is 5.47. The number of nitrogens with zero attached hydrogens (tertiary/aromatic N) is 2. The Morgan fingerprint density at radius 3 is 2.92 bits per heavy atom. The predicted molar refractivity (Wildman–Crippen MR) is 87.1 cm³/mol. The van der Waals surface area contributed by atoms with Gasteiger partial charge in [0.15, 0.2) is 11.5 Å². The number of amides is 2. The highest BCUT2D eigenvalue weighted by Crippen LogP contribution is 2.25. The molecule has 2 aromatic heterocycles. The summed E-state index contributed by atoms with van der Waals surface area (Å²) in [5, 5.41) is 18.3. The van der Waals surface area contributed by atoms with Crippen molar-refractivity contribution in [3.05, 3.63) is 36.0 Å². The summed E-state index contributed by atoms with van der Waals surface area (Å²) in [4.78, 5) is 24.5. The van der Waals surface area contributed by atoms with Crippen LogP contribution in [-0.2, 0) is 4.74 Å². The minimum absolute atomic E-state index is 0.0579. The van der Waals surface area contributed by atoms with Crippen molar-refractivity contribution in [2.45, 2.75) is 25.5 Å². The van der Waals surface area contributed by atoms with Crippen LogP contribution in [0.4, 0.5) is 5.69 Å². The van der Waals surface area contributed by atoms with Gasteiger partial charge in [-0.3, -0.25) is 9.59 Å². The Balaban J connectivity index is 1.83. The van der Waals surface area contributed by atoms with Crippen molar-refractivity contribution in [3.63, 3.8) is 0 Å². The van der Waals surface area contributed by atoms with E-state index < -0.39 is 11.8 Å². The van der Waals surface area contributed by atoms with Gasteiger partial charge in [-0.05, 0) is 31.4 Å². The summed E-state index contributed by atoms with van der Waals surface area (Å²) in [6, 6.07) is 3.12. The standard InChI is InChI=1S/C16H20N4O5/c21-7-6-17-16(23)14-11(18-15(22)12-4-3-9-24-12)10-20(19-14)13-5-1-2-8-25-13/h3-4,9-10,13,21H,1-2,5-8H2,(H,17,23)(H,18,22). The van der Waals surface area contributed by atoms with E-state index in [2.05, 4.69) is 15.7 Å². The molecule has 0 saturated carbocycles. The zero-order valence-corrected chi connectivity index (χ0v) is 13.6. The second-order valence-electron chi connectivity index (χ2n) is 5.60. The van der Waals surface area contributed by atoms with Crippen molar-refractivity contribution in [1.29, 1.82) is 0 Å². The number of aliphatic hydroxyl groups is 1. The maximum atomic E-state index is 12.3. The van der Waals surface area contributed by atoms with Crippen LogP contribution in [-0.4, -0.2) is 46.5 Å². The van der Waals surface area contributed by atoms with E-state index in [0.717, 1.165) is 19.3 Å². The van der Waals surface area contributed by atoms with Crippen LogP contribution in [0.25, 0.3) is 0 Å². The van der Waals surface area contributed by atoms with Crippen molar-refractivity contribution in [2.75, 3.05) is 25.1 Å². The number of nitrogens with one attached hydrogen (secondary N) is 2. The minimum atomic E-state index is -0.488. The highest BCUT2D eigenvalue weighted by molar-refractivity contribution is 6.06. The van der Waals surface area contributed by atoms with Gasteiger partial charge < -0.3 is 24.9 Å². The lowest BCUT2D eigenvalue weighted by atomic mass is 10.2. The average Bonchev–Trinajstić information content (AvgIpc) is 3.30. The van der Waals surface area contributed by atoms with Gasteiger partial charge in [0, 0.05) is 13.2 Å². The highest BCUT2D eigenvalue weighted by atomic mass is 16.5. The Kier molecular flexibility index (Phi) is 5.46. The Labute approximate surface area is 143 Å². The monoisotopic (exact) mass is 348 g/mol. The molecule has 0 bridgehead atoms. The molecule has 1 atom stereocenters. The van der Waals surface area contributed by atoms with E-state index in [1.807, 2.05) is 0 Å². The van der Waals surface area contributed by atoms with Gasteiger partial charge in [-0.25, -0.2) is 4.68 Å². The van der Waals surface area contributed by atoms with Crippen LogP contribution in [0.1, 0.15) is 46.5 Å². The highest BCUT2D eigenvalue weighted by Gasteiger charge is 2.24. The van der Waals surface area contributed by atoms with Gasteiger partial charge in [0.1, 0.15) is 6.23 Å². The quantitative estimate of drug-likeness (QED) is 0.720. The number of ether oxygens (including phenoxy) is 1. The Morgan fingerprint density at radius 1 is 1.36 bits per heavy atom. The van der Waals surface area contributed by atoms with Crippen LogP contribution in [0.5, 0.6) is 0 Å². The average molecular weight is 348 g/mol. The molecule has 134 valence electrons. The summed E-state index contributed by atoms with van der Waals surface area (Å²) in [5.41, 5.74) is 0.313. The number of carbonyl (C=O) groups is 2. The number of aromatic nitrogens is 2. The third-order valence-electron chi connectivity index (χ3n) is 3.79. The molecule has 3 rings (SSSR count). The molecule has 0 spiro atoms. The molecule has 9 nitrogen and oxygen atoms in total. The number of furan rings is 1. The van der Waals surface area contributed by atoms with E-state index >= 15 is 0 Å². The van der Waals surface area contributed by atoms with E-state index in [0.29, 0.717) is 6.61 Å². The molecule has 1 unspecified atom stereocenters. The molecular formula is C16H20N4O5. The molecule has 1 aliphatic rings. The van der Waals surface area contributed by atoms with Crippen LogP contribution in [0.2, 0.25) is 0 Å². The van der Waals surface area contributed by atoms with Crippen LogP contribution < -0.4 is 10.6 Å². The molecule has 2 amide bonds. The molecule has 0 aromatic carbocycles. The zero-order chi connectivity index (χ0) is 17.6. The number of rotatable bonds is 6. The first-order valence-electron chi connectivity index (χ1n) is 8.13. The first-order valence-corrected chi connectivity index (χ1v) is 8.13. The normalized spacial score (nSPS) is 17.2. The molecule has 0 aliphatic carbocycles. The summed E-state index contributed by atoms with van der Waals surface area (Å²) >= 11 is 0. The van der Waals surface area contributed by atoms with Gasteiger partial charge in [0.2, 0.25) is 0 Å². The van der Waals surface area contributed by atoms with Gasteiger partial charge in [-0.15, -0.1) is 0 Å². The second kappa shape index (κ2) is 7.95. The third kappa shape index (κ3) is 4.06. The fraction of sp³-hybridized carbons (Fsp3) is 0.438. The predicted octanol–water partition coefficient (Wildman–Crippen LogP) is 1.15. The Hall–Kier alpha value is -2.65. The van der Waals surface area contributed by atoms with Crippen molar-refractivity contribution in [3.8, 4) is 0 Å². The van der Waals surface area contributed by atoms with Gasteiger partial charge in [-0.1, -0.05) is 0 Å². The molecule has 3 heterocycles. The van der Waals surface area contributed by atoms with Crippen molar-refractivity contribution in [2.24, 2.45) is 0 Å². The molecular weight excluding hydrogens is 328 g/mol. The van der Waals surface area contributed by atoms with Gasteiger partial charge in [-0.2, -0.15) is 5.10 Å². The maximum absolute atomic E-state index is 12.3. The number of hydrogen-bond donors (Lipinski definition) is 3. The molecule has 1 saturated heterocycles. The number of hydrogen-bond acceptors (Lipinski definition) is 6. The SMILES string of the molecule is O=C(Nc1cn(C2CCCCO2)nc1C(=O)NCCO)c1ccco1. The van der Waals surface area contributed by atoms with Crippen LogP contribution in [0.3, 0.4) is 0 Å². The first-order chi connectivity index (χ1) is 12.2. The first kappa shape index (κ1) is 17.2. The third-order valence-corrected chi connectivity index (χ3v) is 3.79. The molecule has 1 aliphatic heterocycles. The van der Waals surface area contributed by atoms with Crippen LogP contribution >= 0.6 is 0 Å². The van der Waals surface area contributed by atoms with Crippen LogP contribution in [0, 0.1) is 0 Å². The van der Waals surface area contributed by atoms with E-state index in [1.54, 1.807) is 16.9 Å². The topological polar surface area (TPSA) is 119 Å². The molecule has 25 heavy (non-hydrogen) atoms. The minimum Gasteiger partial charge on any atom is -0.459 e. The molecule has 3 N–H and O–H groups in total. The lowest BCUT2D eigenvalue weighted by molar-refractivity contribution is -0.0395. The Morgan fingerprint density at radius 2 is 2.24 bits per heavy atom. The fourth-order valence-corrected chi connectivity index (χ4v) is 2.58.